The fourth-order valence-corrected chi connectivity index (χ4v) is 3.37. The standard InChI is InChI=1S/C16H25BrN2O/c1-12(2)11-18-6-8-19(9-7-18)16-5-4-14(13(3)20)10-15(16)17/h4-5,10,12-13,20H,6-9,11H2,1-3H3/t13-/m0/s1. The summed E-state index contributed by atoms with van der Waals surface area (Å²) in [6.07, 6.45) is -0.414. The van der Waals surface area contributed by atoms with Crippen molar-refractivity contribution in [2.75, 3.05) is 37.6 Å². The molecule has 0 unspecified atom stereocenters. The highest BCUT2D eigenvalue weighted by Gasteiger charge is 2.19. The fourth-order valence-electron chi connectivity index (χ4n) is 2.73. The minimum absolute atomic E-state index is 0.414. The number of hydrogen-bond acceptors (Lipinski definition) is 3. The molecule has 1 saturated heterocycles. The van der Waals surface area contributed by atoms with Gasteiger partial charge in [0.1, 0.15) is 0 Å². The third-order valence-corrected chi connectivity index (χ3v) is 4.43. The monoisotopic (exact) mass is 340 g/mol. The normalized spacial score (nSPS) is 18.6. The van der Waals surface area contributed by atoms with Crippen LogP contribution in [0.3, 0.4) is 0 Å². The SMILES string of the molecule is CC(C)CN1CCN(c2ccc([C@H](C)O)cc2Br)CC1. The van der Waals surface area contributed by atoms with Gasteiger partial charge < -0.3 is 10.0 Å². The van der Waals surface area contributed by atoms with Crippen LogP contribution in [-0.4, -0.2) is 42.7 Å². The van der Waals surface area contributed by atoms with Gasteiger partial charge >= 0.3 is 0 Å². The van der Waals surface area contributed by atoms with Gasteiger partial charge in [0, 0.05) is 37.2 Å². The molecule has 0 spiro atoms. The van der Waals surface area contributed by atoms with Gasteiger partial charge in [-0.1, -0.05) is 19.9 Å². The Balaban J connectivity index is 2.00. The molecule has 1 aromatic rings. The number of rotatable bonds is 4. The molecule has 0 saturated carbocycles. The van der Waals surface area contributed by atoms with Crippen LogP contribution in [0.25, 0.3) is 0 Å². The van der Waals surface area contributed by atoms with E-state index in [4.69, 9.17) is 0 Å². The lowest BCUT2D eigenvalue weighted by Gasteiger charge is -2.37. The first-order valence-corrected chi connectivity index (χ1v) is 8.21. The first kappa shape index (κ1) is 15.8. The highest BCUT2D eigenvalue weighted by Crippen LogP contribution is 2.30. The van der Waals surface area contributed by atoms with Crippen LogP contribution in [0.1, 0.15) is 32.4 Å². The van der Waals surface area contributed by atoms with Crippen molar-refractivity contribution in [2.45, 2.75) is 26.9 Å². The van der Waals surface area contributed by atoms with Gasteiger partial charge in [0.05, 0.1) is 11.8 Å². The van der Waals surface area contributed by atoms with E-state index in [0.717, 1.165) is 42.1 Å². The van der Waals surface area contributed by atoms with Gasteiger partial charge in [0.25, 0.3) is 0 Å². The van der Waals surface area contributed by atoms with Crippen molar-refractivity contribution < 1.29 is 5.11 Å². The van der Waals surface area contributed by atoms with E-state index in [1.807, 2.05) is 12.1 Å². The molecule has 1 N–H and O–H groups in total. The average Bonchev–Trinajstić information content (AvgIpc) is 2.39. The molecule has 20 heavy (non-hydrogen) atoms. The molecule has 1 aliphatic rings. The van der Waals surface area contributed by atoms with Crippen LogP contribution >= 0.6 is 15.9 Å². The van der Waals surface area contributed by atoms with Crippen molar-refractivity contribution in [2.24, 2.45) is 5.92 Å². The van der Waals surface area contributed by atoms with Crippen molar-refractivity contribution in [3.8, 4) is 0 Å². The molecular weight excluding hydrogens is 316 g/mol. The first-order valence-electron chi connectivity index (χ1n) is 7.42. The summed E-state index contributed by atoms with van der Waals surface area (Å²) in [5.74, 6) is 0.735. The Hall–Kier alpha value is -0.580. The summed E-state index contributed by atoms with van der Waals surface area (Å²) < 4.78 is 1.08. The van der Waals surface area contributed by atoms with Gasteiger partial charge in [0.2, 0.25) is 0 Å². The van der Waals surface area contributed by atoms with Crippen molar-refractivity contribution in [3.63, 3.8) is 0 Å². The van der Waals surface area contributed by atoms with E-state index < -0.39 is 6.10 Å². The van der Waals surface area contributed by atoms with Crippen LogP contribution in [0.5, 0.6) is 0 Å². The van der Waals surface area contributed by atoms with Gasteiger partial charge in [-0.3, -0.25) is 4.90 Å². The van der Waals surface area contributed by atoms with Gasteiger partial charge in [-0.25, -0.2) is 0 Å². The number of anilines is 1. The second-order valence-corrected chi connectivity index (χ2v) is 6.92. The number of aliphatic hydroxyl groups excluding tert-OH is 1. The van der Waals surface area contributed by atoms with Gasteiger partial charge in [-0.15, -0.1) is 0 Å². The van der Waals surface area contributed by atoms with Crippen LogP contribution in [0.4, 0.5) is 5.69 Å². The zero-order valence-electron chi connectivity index (χ0n) is 12.6. The van der Waals surface area contributed by atoms with E-state index in [2.05, 4.69) is 45.6 Å². The molecule has 0 aromatic heterocycles. The smallest absolute Gasteiger partial charge is 0.0762 e. The number of nitrogens with zero attached hydrogens (tertiary/aromatic N) is 2. The molecule has 0 amide bonds. The number of aliphatic hydroxyl groups is 1. The number of piperazine rings is 1. The molecule has 1 heterocycles. The zero-order valence-corrected chi connectivity index (χ0v) is 14.2. The van der Waals surface area contributed by atoms with E-state index in [1.165, 1.54) is 12.2 Å². The lowest BCUT2D eigenvalue weighted by molar-refractivity contribution is 0.199. The Kier molecular flexibility index (Phi) is 5.47. The average molecular weight is 341 g/mol. The highest BCUT2D eigenvalue weighted by molar-refractivity contribution is 9.10. The lowest BCUT2D eigenvalue weighted by atomic mass is 10.1. The van der Waals surface area contributed by atoms with E-state index in [0.29, 0.717) is 0 Å². The minimum Gasteiger partial charge on any atom is -0.389 e. The fraction of sp³-hybridized carbons (Fsp3) is 0.625. The number of halogens is 1. The van der Waals surface area contributed by atoms with E-state index in [9.17, 15) is 5.11 Å². The summed E-state index contributed by atoms with van der Waals surface area (Å²) in [6.45, 7) is 11.9. The summed E-state index contributed by atoms with van der Waals surface area (Å²) in [7, 11) is 0. The van der Waals surface area contributed by atoms with Gasteiger partial charge in [0.15, 0.2) is 0 Å². The molecule has 1 aromatic carbocycles. The maximum absolute atomic E-state index is 9.63. The van der Waals surface area contributed by atoms with E-state index >= 15 is 0 Å². The van der Waals surface area contributed by atoms with Crippen molar-refractivity contribution in [1.82, 2.24) is 4.90 Å². The molecule has 1 atom stereocenters. The van der Waals surface area contributed by atoms with E-state index in [-0.39, 0.29) is 0 Å². The minimum atomic E-state index is -0.414. The third kappa shape index (κ3) is 3.96. The quantitative estimate of drug-likeness (QED) is 0.911. The molecular formula is C16H25BrN2O. The Labute approximate surface area is 130 Å². The first-order chi connectivity index (χ1) is 9.47. The molecule has 1 fully saturated rings. The van der Waals surface area contributed by atoms with Gasteiger partial charge in [-0.05, 0) is 46.5 Å². The van der Waals surface area contributed by atoms with Crippen LogP contribution in [0.15, 0.2) is 22.7 Å². The van der Waals surface area contributed by atoms with Crippen LogP contribution in [0, 0.1) is 5.92 Å². The van der Waals surface area contributed by atoms with Crippen LogP contribution in [-0.2, 0) is 0 Å². The lowest BCUT2D eigenvalue weighted by Crippen LogP contribution is -2.47. The largest absolute Gasteiger partial charge is 0.389 e. The van der Waals surface area contributed by atoms with Crippen molar-refractivity contribution in [1.29, 1.82) is 0 Å². The van der Waals surface area contributed by atoms with Crippen LogP contribution < -0.4 is 4.90 Å². The molecule has 0 radical (unpaired) electrons. The summed E-state index contributed by atoms with van der Waals surface area (Å²) in [5.41, 5.74) is 2.19. The highest BCUT2D eigenvalue weighted by atomic mass is 79.9. The predicted molar refractivity (Wildman–Crippen MR) is 88.3 cm³/mol. The Bertz CT molecular complexity index is 440. The molecule has 4 heteroatoms. The van der Waals surface area contributed by atoms with Crippen molar-refractivity contribution >= 4 is 21.6 Å². The summed E-state index contributed by atoms with van der Waals surface area (Å²) >= 11 is 3.64. The molecule has 112 valence electrons. The predicted octanol–water partition coefficient (Wildman–Crippen LogP) is 3.28. The summed E-state index contributed by atoms with van der Waals surface area (Å²) in [6, 6.07) is 6.16. The number of hydrogen-bond donors (Lipinski definition) is 1. The second kappa shape index (κ2) is 6.92. The number of benzene rings is 1. The molecule has 0 bridgehead atoms. The summed E-state index contributed by atoms with van der Waals surface area (Å²) in [4.78, 5) is 4.96. The molecule has 1 aliphatic heterocycles. The molecule has 2 rings (SSSR count). The maximum atomic E-state index is 9.63. The van der Waals surface area contributed by atoms with Crippen LogP contribution in [0.2, 0.25) is 0 Å². The second-order valence-electron chi connectivity index (χ2n) is 6.07. The Morgan fingerprint density at radius 2 is 1.80 bits per heavy atom. The maximum Gasteiger partial charge on any atom is 0.0762 e. The summed E-state index contributed by atoms with van der Waals surface area (Å²) in [5, 5.41) is 9.63. The molecule has 0 aliphatic carbocycles. The third-order valence-electron chi connectivity index (χ3n) is 3.79. The topological polar surface area (TPSA) is 26.7 Å². The van der Waals surface area contributed by atoms with Crippen molar-refractivity contribution in [3.05, 3.63) is 28.2 Å². The zero-order chi connectivity index (χ0) is 14.7. The Morgan fingerprint density at radius 1 is 1.15 bits per heavy atom. The Morgan fingerprint density at radius 3 is 2.30 bits per heavy atom. The molecule has 3 nitrogen and oxygen atoms in total. The van der Waals surface area contributed by atoms with E-state index in [1.54, 1.807) is 6.92 Å². The van der Waals surface area contributed by atoms with Gasteiger partial charge in [-0.2, -0.15) is 0 Å².